The molecule has 1 aromatic carbocycles. The van der Waals surface area contributed by atoms with Crippen LogP contribution in [0.1, 0.15) is 24.0 Å². The minimum Gasteiger partial charge on any atom is -0.377 e. The van der Waals surface area contributed by atoms with E-state index in [4.69, 9.17) is 16.3 Å². The van der Waals surface area contributed by atoms with E-state index in [1.165, 1.54) is 11.1 Å². The Morgan fingerprint density at radius 1 is 1.19 bits per heavy atom. The molecule has 1 aliphatic heterocycles. The minimum absolute atomic E-state index is 0.141. The normalized spacial score (nSPS) is 19.8. The van der Waals surface area contributed by atoms with Gasteiger partial charge in [-0.05, 0) is 36.8 Å². The molecule has 0 atom stereocenters. The minimum atomic E-state index is 0.141. The summed E-state index contributed by atoms with van der Waals surface area (Å²) in [5, 5.41) is 0. The number of fused-ring (bicyclic) bond motifs is 1. The molecule has 0 unspecified atom stereocenters. The molecule has 0 radical (unpaired) electrons. The van der Waals surface area contributed by atoms with E-state index < -0.39 is 0 Å². The quantitative estimate of drug-likeness (QED) is 0.800. The number of likely N-dealkylation sites (tertiary alicyclic amines) is 1. The van der Waals surface area contributed by atoms with Gasteiger partial charge in [0.1, 0.15) is 0 Å². The molecular weight excluding hydrogens is 286 g/mol. The number of hydrogen-bond acceptors (Lipinski definition) is 2. The van der Waals surface area contributed by atoms with E-state index in [0.717, 1.165) is 38.8 Å². The number of nitrogens with zero attached hydrogens (tertiary/aromatic N) is 1. The summed E-state index contributed by atoms with van der Waals surface area (Å²) in [6.07, 6.45) is 3.94. The second-order valence-electron chi connectivity index (χ2n) is 5.96. The summed E-state index contributed by atoms with van der Waals surface area (Å²) in [6, 6.07) is 8.42. The lowest BCUT2D eigenvalue weighted by Crippen LogP contribution is -2.44. The van der Waals surface area contributed by atoms with Crippen LogP contribution in [0.5, 0.6) is 0 Å². The molecular formula is C17H22ClNO2. The number of benzene rings is 1. The fourth-order valence-electron chi connectivity index (χ4n) is 3.45. The zero-order valence-electron chi connectivity index (χ0n) is 12.3. The second-order valence-corrected chi connectivity index (χ2v) is 6.34. The van der Waals surface area contributed by atoms with Crippen LogP contribution >= 0.6 is 11.6 Å². The van der Waals surface area contributed by atoms with Crippen molar-refractivity contribution in [2.45, 2.75) is 31.8 Å². The smallest absolute Gasteiger partial charge is 0.226 e. The van der Waals surface area contributed by atoms with Gasteiger partial charge in [-0.3, -0.25) is 4.79 Å². The highest BCUT2D eigenvalue weighted by molar-refractivity contribution is 6.17. The molecule has 114 valence electrons. The molecule has 0 N–H and O–H groups in total. The van der Waals surface area contributed by atoms with Gasteiger partial charge in [-0.15, -0.1) is 11.6 Å². The molecule has 2 aliphatic rings. The SMILES string of the molecule is O=C(C1Cc2ccccc2C1)N1CCC(OCCCl)CC1. The molecule has 1 heterocycles. The first-order valence-corrected chi connectivity index (χ1v) is 8.34. The number of carbonyl (C=O) groups is 1. The van der Waals surface area contributed by atoms with E-state index in [1.54, 1.807) is 0 Å². The Hall–Kier alpha value is -1.06. The van der Waals surface area contributed by atoms with E-state index in [1.807, 2.05) is 4.90 Å². The maximum Gasteiger partial charge on any atom is 0.226 e. The summed E-state index contributed by atoms with van der Waals surface area (Å²) in [6.45, 7) is 2.25. The number of alkyl halides is 1. The van der Waals surface area contributed by atoms with Crippen molar-refractivity contribution in [1.82, 2.24) is 4.90 Å². The molecule has 4 heteroatoms. The maximum absolute atomic E-state index is 12.7. The molecule has 3 nitrogen and oxygen atoms in total. The molecule has 0 aromatic heterocycles. The van der Waals surface area contributed by atoms with E-state index >= 15 is 0 Å². The Labute approximate surface area is 131 Å². The van der Waals surface area contributed by atoms with Crippen molar-refractivity contribution in [3.63, 3.8) is 0 Å². The van der Waals surface area contributed by atoms with Crippen LogP contribution in [-0.2, 0) is 22.4 Å². The van der Waals surface area contributed by atoms with Crippen molar-refractivity contribution in [3.05, 3.63) is 35.4 Å². The molecule has 0 spiro atoms. The van der Waals surface area contributed by atoms with Crippen LogP contribution in [0.25, 0.3) is 0 Å². The maximum atomic E-state index is 12.7. The number of piperidine rings is 1. The van der Waals surface area contributed by atoms with E-state index in [9.17, 15) is 4.79 Å². The lowest BCUT2D eigenvalue weighted by atomic mass is 10.0. The summed E-state index contributed by atoms with van der Waals surface area (Å²) in [4.78, 5) is 14.7. The Morgan fingerprint density at radius 2 is 1.81 bits per heavy atom. The topological polar surface area (TPSA) is 29.5 Å². The van der Waals surface area contributed by atoms with Crippen LogP contribution in [-0.4, -0.2) is 42.5 Å². The highest BCUT2D eigenvalue weighted by Gasteiger charge is 2.32. The number of ether oxygens (including phenoxy) is 1. The van der Waals surface area contributed by atoms with Crippen molar-refractivity contribution >= 4 is 17.5 Å². The third-order valence-corrected chi connectivity index (χ3v) is 4.74. The highest BCUT2D eigenvalue weighted by Crippen LogP contribution is 2.28. The van der Waals surface area contributed by atoms with Gasteiger partial charge in [0, 0.05) is 24.9 Å². The first-order valence-electron chi connectivity index (χ1n) is 7.81. The number of carbonyl (C=O) groups excluding carboxylic acids is 1. The lowest BCUT2D eigenvalue weighted by Gasteiger charge is -2.33. The van der Waals surface area contributed by atoms with Crippen LogP contribution in [0, 0.1) is 5.92 Å². The Bertz CT molecular complexity index is 472. The van der Waals surface area contributed by atoms with E-state index in [0.29, 0.717) is 18.4 Å². The van der Waals surface area contributed by atoms with Crippen molar-refractivity contribution in [2.24, 2.45) is 5.92 Å². The predicted molar refractivity (Wildman–Crippen MR) is 83.6 cm³/mol. The monoisotopic (exact) mass is 307 g/mol. The first-order chi connectivity index (χ1) is 10.3. The number of amides is 1. The molecule has 1 aromatic rings. The molecule has 1 aliphatic carbocycles. The van der Waals surface area contributed by atoms with Gasteiger partial charge in [0.05, 0.1) is 12.7 Å². The number of hydrogen-bond donors (Lipinski definition) is 0. The van der Waals surface area contributed by atoms with Crippen molar-refractivity contribution < 1.29 is 9.53 Å². The molecule has 21 heavy (non-hydrogen) atoms. The summed E-state index contributed by atoms with van der Waals surface area (Å²) >= 11 is 5.64. The molecule has 3 rings (SSSR count). The average Bonchev–Trinajstić information content (AvgIpc) is 2.96. The van der Waals surface area contributed by atoms with Crippen LogP contribution in [0.15, 0.2) is 24.3 Å². The standard InChI is InChI=1S/C17H22ClNO2/c18-7-10-21-16-5-8-19(9-6-16)17(20)15-11-13-3-1-2-4-14(13)12-15/h1-4,15-16H,5-12H2. The number of rotatable bonds is 4. The van der Waals surface area contributed by atoms with Gasteiger partial charge in [0.2, 0.25) is 5.91 Å². The summed E-state index contributed by atoms with van der Waals surface area (Å²) < 4.78 is 5.67. The largest absolute Gasteiger partial charge is 0.377 e. The zero-order chi connectivity index (χ0) is 14.7. The molecule has 1 saturated heterocycles. The molecule has 0 bridgehead atoms. The first kappa shape index (κ1) is 14.9. The van der Waals surface area contributed by atoms with Gasteiger partial charge in [-0.1, -0.05) is 24.3 Å². The lowest BCUT2D eigenvalue weighted by molar-refractivity contribution is -0.137. The van der Waals surface area contributed by atoms with Crippen LogP contribution in [0.3, 0.4) is 0 Å². The molecule has 1 amide bonds. The Morgan fingerprint density at radius 3 is 2.38 bits per heavy atom. The molecule has 1 fully saturated rings. The summed E-state index contributed by atoms with van der Waals surface area (Å²) in [5.41, 5.74) is 2.69. The van der Waals surface area contributed by atoms with E-state index in [2.05, 4.69) is 24.3 Å². The molecule has 0 saturated carbocycles. The van der Waals surface area contributed by atoms with Crippen molar-refractivity contribution in [3.8, 4) is 0 Å². The summed E-state index contributed by atoms with van der Waals surface area (Å²) in [7, 11) is 0. The van der Waals surface area contributed by atoms with Gasteiger partial charge < -0.3 is 9.64 Å². The number of halogens is 1. The zero-order valence-corrected chi connectivity index (χ0v) is 13.0. The fraction of sp³-hybridized carbons (Fsp3) is 0.588. The van der Waals surface area contributed by atoms with Crippen LogP contribution in [0.4, 0.5) is 0 Å². The van der Waals surface area contributed by atoms with Gasteiger partial charge in [0.15, 0.2) is 0 Å². The average molecular weight is 308 g/mol. The third-order valence-electron chi connectivity index (χ3n) is 4.58. The Balaban J connectivity index is 1.52. The third kappa shape index (κ3) is 3.41. The van der Waals surface area contributed by atoms with Crippen molar-refractivity contribution in [1.29, 1.82) is 0 Å². The Kier molecular flexibility index (Phi) is 4.81. The van der Waals surface area contributed by atoms with Crippen LogP contribution in [0.2, 0.25) is 0 Å². The fourth-order valence-corrected chi connectivity index (χ4v) is 3.53. The van der Waals surface area contributed by atoms with Gasteiger partial charge >= 0.3 is 0 Å². The van der Waals surface area contributed by atoms with Gasteiger partial charge in [0.25, 0.3) is 0 Å². The van der Waals surface area contributed by atoms with Gasteiger partial charge in [-0.25, -0.2) is 0 Å². The predicted octanol–water partition coefficient (Wildman–Crippen LogP) is 2.65. The second kappa shape index (κ2) is 6.80. The van der Waals surface area contributed by atoms with Gasteiger partial charge in [-0.2, -0.15) is 0 Å². The summed E-state index contributed by atoms with van der Waals surface area (Å²) in [5.74, 6) is 1.00. The van der Waals surface area contributed by atoms with Crippen molar-refractivity contribution in [2.75, 3.05) is 25.6 Å². The van der Waals surface area contributed by atoms with E-state index in [-0.39, 0.29) is 12.0 Å². The highest BCUT2D eigenvalue weighted by atomic mass is 35.5. The van der Waals surface area contributed by atoms with Crippen LogP contribution < -0.4 is 0 Å².